The van der Waals surface area contributed by atoms with E-state index < -0.39 is 11.7 Å². The maximum Gasteiger partial charge on any atom is 0.260 e. The standard InChI is InChI=1S/C13H19NO3/c1-10(12(15)14-9-13(2,3)16)17-11-7-5-4-6-8-11/h4-8,10,16H,9H2,1-3H3,(H,14,15). The second kappa shape index (κ2) is 5.68. The van der Waals surface area contributed by atoms with Gasteiger partial charge in [0.1, 0.15) is 5.75 Å². The maximum atomic E-state index is 11.6. The molecule has 1 rings (SSSR count). The van der Waals surface area contributed by atoms with Crippen LogP contribution in [-0.2, 0) is 4.79 Å². The van der Waals surface area contributed by atoms with Crippen LogP contribution in [0.15, 0.2) is 30.3 Å². The summed E-state index contributed by atoms with van der Waals surface area (Å²) in [6.07, 6.45) is -0.584. The van der Waals surface area contributed by atoms with Gasteiger partial charge in [0.05, 0.1) is 5.60 Å². The summed E-state index contributed by atoms with van der Waals surface area (Å²) < 4.78 is 5.45. The molecule has 0 saturated carbocycles. The Kier molecular flexibility index (Phi) is 4.52. The minimum Gasteiger partial charge on any atom is -0.481 e. The number of carbonyl (C=O) groups excluding carboxylic acids is 1. The third kappa shape index (κ3) is 5.36. The Labute approximate surface area is 102 Å². The number of para-hydroxylation sites is 1. The number of benzene rings is 1. The molecule has 0 aliphatic heterocycles. The highest BCUT2D eigenvalue weighted by Crippen LogP contribution is 2.10. The molecule has 94 valence electrons. The van der Waals surface area contributed by atoms with E-state index in [1.54, 1.807) is 32.9 Å². The lowest BCUT2D eigenvalue weighted by atomic mass is 10.1. The van der Waals surface area contributed by atoms with Crippen LogP contribution in [0.4, 0.5) is 0 Å². The Hall–Kier alpha value is -1.55. The Balaban J connectivity index is 2.43. The number of nitrogens with one attached hydrogen (secondary N) is 1. The molecule has 4 nitrogen and oxygen atoms in total. The zero-order chi connectivity index (χ0) is 12.9. The van der Waals surface area contributed by atoms with Crippen LogP contribution in [-0.4, -0.2) is 29.3 Å². The number of ether oxygens (including phenoxy) is 1. The highest BCUT2D eigenvalue weighted by Gasteiger charge is 2.18. The van der Waals surface area contributed by atoms with Crippen molar-refractivity contribution >= 4 is 5.91 Å². The van der Waals surface area contributed by atoms with Crippen molar-refractivity contribution in [2.24, 2.45) is 0 Å². The SMILES string of the molecule is CC(Oc1ccccc1)C(=O)NCC(C)(C)O. The first-order valence-electron chi connectivity index (χ1n) is 5.60. The van der Waals surface area contributed by atoms with Crippen molar-refractivity contribution in [3.63, 3.8) is 0 Å². The average molecular weight is 237 g/mol. The molecule has 1 amide bonds. The summed E-state index contributed by atoms with van der Waals surface area (Å²) in [4.78, 5) is 11.6. The van der Waals surface area contributed by atoms with Gasteiger partial charge in [-0.15, -0.1) is 0 Å². The maximum absolute atomic E-state index is 11.6. The molecule has 0 bridgehead atoms. The molecule has 0 aromatic heterocycles. The normalized spacial score (nSPS) is 12.9. The molecule has 0 aliphatic carbocycles. The predicted molar refractivity (Wildman–Crippen MR) is 65.8 cm³/mol. The van der Waals surface area contributed by atoms with Crippen molar-refractivity contribution in [1.82, 2.24) is 5.32 Å². The number of rotatable bonds is 5. The van der Waals surface area contributed by atoms with E-state index in [2.05, 4.69) is 5.32 Å². The third-order valence-corrected chi connectivity index (χ3v) is 2.12. The van der Waals surface area contributed by atoms with Crippen LogP contribution >= 0.6 is 0 Å². The van der Waals surface area contributed by atoms with E-state index in [1.807, 2.05) is 18.2 Å². The highest BCUT2D eigenvalue weighted by molar-refractivity contribution is 5.80. The second-order valence-electron chi connectivity index (χ2n) is 4.60. The molecule has 0 spiro atoms. The summed E-state index contributed by atoms with van der Waals surface area (Å²) in [5.41, 5.74) is -0.915. The van der Waals surface area contributed by atoms with Gasteiger partial charge in [0.15, 0.2) is 6.10 Å². The first-order valence-corrected chi connectivity index (χ1v) is 5.60. The van der Waals surface area contributed by atoms with Crippen molar-refractivity contribution in [2.75, 3.05) is 6.54 Å². The summed E-state index contributed by atoms with van der Waals surface area (Å²) in [5, 5.41) is 12.1. The largest absolute Gasteiger partial charge is 0.481 e. The predicted octanol–water partition coefficient (Wildman–Crippen LogP) is 1.34. The Morgan fingerprint density at radius 3 is 2.53 bits per heavy atom. The molecule has 0 fully saturated rings. The summed E-state index contributed by atoms with van der Waals surface area (Å²) in [6, 6.07) is 9.15. The fraction of sp³-hybridized carbons (Fsp3) is 0.462. The quantitative estimate of drug-likeness (QED) is 0.812. The minimum absolute atomic E-state index is 0.203. The van der Waals surface area contributed by atoms with Gasteiger partial charge in [-0.2, -0.15) is 0 Å². The third-order valence-electron chi connectivity index (χ3n) is 2.12. The van der Waals surface area contributed by atoms with Crippen LogP contribution < -0.4 is 10.1 Å². The van der Waals surface area contributed by atoms with Crippen molar-refractivity contribution < 1.29 is 14.6 Å². The van der Waals surface area contributed by atoms with E-state index in [0.29, 0.717) is 5.75 Å². The topological polar surface area (TPSA) is 58.6 Å². The number of hydrogen-bond donors (Lipinski definition) is 2. The van der Waals surface area contributed by atoms with Gasteiger partial charge >= 0.3 is 0 Å². The molecular weight excluding hydrogens is 218 g/mol. The van der Waals surface area contributed by atoms with Gasteiger partial charge in [-0.25, -0.2) is 0 Å². The number of aliphatic hydroxyl groups is 1. The first-order chi connectivity index (χ1) is 7.88. The van der Waals surface area contributed by atoms with Gasteiger partial charge in [0.2, 0.25) is 0 Å². The fourth-order valence-electron chi connectivity index (χ4n) is 1.20. The zero-order valence-corrected chi connectivity index (χ0v) is 10.4. The lowest BCUT2D eigenvalue weighted by molar-refractivity contribution is -0.128. The Bertz CT molecular complexity index is 357. The summed E-state index contributed by atoms with van der Waals surface area (Å²) in [5.74, 6) is 0.411. The summed E-state index contributed by atoms with van der Waals surface area (Å²) >= 11 is 0. The van der Waals surface area contributed by atoms with Crippen molar-refractivity contribution in [3.8, 4) is 5.75 Å². The van der Waals surface area contributed by atoms with E-state index >= 15 is 0 Å². The molecule has 0 saturated heterocycles. The van der Waals surface area contributed by atoms with Gasteiger partial charge < -0.3 is 15.2 Å². The molecule has 1 aromatic rings. The van der Waals surface area contributed by atoms with Crippen LogP contribution in [0, 0.1) is 0 Å². The van der Waals surface area contributed by atoms with Crippen LogP contribution in [0.2, 0.25) is 0 Å². The molecular formula is C13H19NO3. The van der Waals surface area contributed by atoms with E-state index in [4.69, 9.17) is 4.74 Å². The second-order valence-corrected chi connectivity index (χ2v) is 4.60. The van der Waals surface area contributed by atoms with E-state index in [0.717, 1.165) is 0 Å². The summed E-state index contributed by atoms with van der Waals surface area (Å²) in [7, 11) is 0. The van der Waals surface area contributed by atoms with E-state index in [9.17, 15) is 9.90 Å². The molecule has 17 heavy (non-hydrogen) atoms. The molecule has 0 radical (unpaired) electrons. The van der Waals surface area contributed by atoms with Gasteiger partial charge in [-0.05, 0) is 32.9 Å². The summed E-state index contributed by atoms with van der Waals surface area (Å²) in [6.45, 7) is 5.15. The molecule has 4 heteroatoms. The molecule has 2 N–H and O–H groups in total. The van der Waals surface area contributed by atoms with Crippen LogP contribution in [0.3, 0.4) is 0 Å². The van der Waals surface area contributed by atoms with Crippen LogP contribution in [0.25, 0.3) is 0 Å². The Morgan fingerprint density at radius 2 is 2.00 bits per heavy atom. The lowest BCUT2D eigenvalue weighted by Gasteiger charge is -2.20. The van der Waals surface area contributed by atoms with Crippen LogP contribution in [0.5, 0.6) is 5.75 Å². The molecule has 1 aromatic carbocycles. The van der Waals surface area contributed by atoms with Gasteiger partial charge in [0, 0.05) is 6.54 Å². The van der Waals surface area contributed by atoms with Gasteiger partial charge in [-0.1, -0.05) is 18.2 Å². The smallest absolute Gasteiger partial charge is 0.260 e. The van der Waals surface area contributed by atoms with Gasteiger partial charge in [0.25, 0.3) is 5.91 Å². The highest BCUT2D eigenvalue weighted by atomic mass is 16.5. The number of carbonyl (C=O) groups is 1. The van der Waals surface area contributed by atoms with E-state index in [1.165, 1.54) is 0 Å². The average Bonchev–Trinajstić information content (AvgIpc) is 2.26. The minimum atomic E-state index is -0.915. The Morgan fingerprint density at radius 1 is 1.41 bits per heavy atom. The number of hydrogen-bond acceptors (Lipinski definition) is 3. The van der Waals surface area contributed by atoms with E-state index in [-0.39, 0.29) is 12.5 Å². The zero-order valence-electron chi connectivity index (χ0n) is 10.4. The van der Waals surface area contributed by atoms with Crippen molar-refractivity contribution in [2.45, 2.75) is 32.5 Å². The lowest BCUT2D eigenvalue weighted by Crippen LogP contribution is -2.43. The molecule has 0 heterocycles. The van der Waals surface area contributed by atoms with Crippen molar-refractivity contribution in [3.05, 3.63) is 30.3 Å². The monoisotopic (exact) mass is 237 g/mol. The number of amides is 1. The fourth-order valence-corrected chi connectivity index (χ4v) is 1.20. The molecule has 0 aliphatic rings. The molecule has 1 atom stereocenters. The first kappa shape index (κ1) is 13.5. The van der Waals surface area contributed by atoms with Crippen molar-refractivity contribution in [1.29, 1.82) is 0 Å². The van der Waals surface area contributed by atoms with Crippen LogP contribution in [0.1, 0.15) is 20.8 Å². The molecule has 1 unspecified atom stereocenters. The van der Waals surface area contributed by atoms with Gasteiger partial charge in [-0.3, -0.25) is 4.79 Å².